The van der Waals surface area contributed by atoms with Gasteiger partial charge in [0, 0.05) is 25.3 Å². The van der Waals surface area contributed by atoms with Gasteiger partial charge in [0.15, 0.2) is 5.65 Å². The Bertz CT molecular complexity index is 602. The Labute approximate surface area is 105 Å². The Morgan fingerprint density at radius 1 is 1.39 bits per heavy atom. The van der Waals surface area contributed by atoms with Crippen molar-refractivity contribution < 1.29 is 0 Å². The number of hydrogen-bond donors (Lipinski definition) is 1. The van der Waals surface area contributed by atoms with Crippen LogP contribution in [0.3, 0.4) is 0 Å². The summed E-state index contributed by atoms with van der Waals surface area (Å²) >= 11 is 0. The molecule has 3 rings (SSSR count). The van der Waals surface area contributed by atoms with Gasteiger partial charge in [-0.05, 0) is 25.1 Å². The highest BCUT2D eigenvalue weighted by atomic mass is 16.2. The quantitative estimate of drug-likeness (QED) is 0.796. The van der Waals surface area contributed by atoms with Crippen LogP contribution >= 0.6 is 0 Å². The predicted molar refractivity (Wildman–Crippen MR) is 68.5 cm³/mol. The van der Waals surface area contributed by atoms with E-state index in [9.17, 15) is 4.79 Å². The van der Waals surface area contributed by atoms with E-state index in [1.165, 1.54) is 4.68 Å². The molecule has 2 N–H and O–H groups in total. The van der Waals surface area contributed by atoms with Crippen molar-refractivity contribution in [3.05, 3.63) is 34.9 Å². The van der Waals surface area contributed by atoms with Crippen LogP contribution in [-0.4, -0.2) is 44.8 Å². The third kappa shape index (κ3) is 2.04. The van der Waals surface area contributed by atoms with E-state index in [4.69, 9.17) is 5.73 Å². The minimum absolute atomic E-state index is 0.0749. The molecular formula is C12H17N5O. The highest BCUT2D eigenvalue weighted by Gasteiger charge is 2.18. The summed E-state index contributed by atoms with van der Waals surface area (Å²) in [6.45, 7) is 3.39. The van der Waals surface area contributed by atoms with Crippen LogP contribution in [-0.2, 0) is 6.54 Å². The molecule has 6 heteroatoms. The minimum Gasteiger partial charge on any atom is -0.326 e. The summed E-state index contributed by atoms with van der Waals surface area (Å²) in [6, 6.07) is 5.83. The fourth-order valence-corrected chi connectivity index (χ4v) is 2.42. The lowest BCUT2D eigenvalue weighted by Crippen LogP contribution is -2.32. The largest absolute Gasteiger partial charge is 0.350 e. The normalized spacial score (nSPS) is 20.8. The molecule has 0 bridgehead atoms. The fraction of sp³-hybridized carbons (Fsp3) is 0.500. The third-order valence-electron chi connectivity index (χ3n) is 3.43. The van der Waals surface area contributed by atoms with E-state index in [2.05, 4.69) is 10.00 Å². The van der Waals surface area contributed by atoms with E-state index >= 15 is 0 Å². The van der Waals surface area contributed by atoms with Gasteiger partial charge in [-0.1, -0.05) is 6.07 Å². The molecule has 0 saturated carbocycles. The molecule has 1 aliphatic rings. The summed E-state index contributed by atoms with van der Waals surface area (Å²) in [7, 11) is 0. The van der Waals surface area contributed by atoms with E-state index < -0.39 is 0 Å². The molecule has 0 aromatic carbocycles. The van der Waals surface area contributed by atoms with Crippen LogP contribution in [0.5, 0.6) is 0 Å². The average Bonchev–Trinajstić information content (AvgIpc) is 2.92. The number of rotatable bonds is 3. The first kappa shape index (κ1) is 11.4. The highest BCUT2D eigenvalue weighted by molar-refractivity contribution is 5.35. The van der Waals surface area contributed by atoms with Gasteiger partial charge < -0.3 is 5.73 Å². The topological polar surface area (TPSA) is 68.6 Å². The minimum atomic E-state index is -0.0749. The molecule has 0 amide bonds. The van der Waals surface area contributed by atoms with Gasteiger partial charge in [-0.2, -0.15) is 0 Å². The lowest BCUT2D eigenvalue weighted by Gasteiger charge is -2.13. The standard InChI is InChI=1S/C12H17N5O/c13-10-4-6-15(9-10)7-8-17-12(18)16-5-2-1-3-11(16)14-17/h1-3,5,10H,4,6-9,13H2. The van der Waals surface area contributed by atoms with Crippen molar-refractivity contribution in [3.8, 4) is 0 Å². The van der Waals surface area contributed by atoms with Crippen molar-refractivity contribution in [1.82, 2.24) is 19.1 Å². The van der Waals surface area contributed by atoms with Gasteiger partial charge in [0.1, 0.15) is 0 Å². The SMILES string of the molecule is NC1CCN(CCn2nc3ccccn3c2=O)C1. The van der Waals surface area contributed by atoms with Crippen LogP contribution in [0, 0.1) is 0 Å². The van der Waals surface area contributed by atoms with E-state index in [-0.39, 0.29) is 11.7 Å². The molecule has 0 radical (unpaired) electrons. The molecule has 3 heterocycles. The third-order valence-corrected chi connectivity index (χ3v) is 3.43. The Morgan fingerprint density at radius 2 is 2.28 bits per heavy atom. The van der Waals surface area contributed by atoms with Crippen molar-refractivity contribution >= 4 is 5.65 Å². The summed E-state index contributed by atoms with van der Waals surface area (Å²) in [5.74, 6) is 0. The Balaban J connectivity index is 1.75. The lowest BCUT2D eigenvalue weighted by molar-refractivity contribution is 0.310. The molecule has 2 aromatic heterocycles. The molecule has 1 atom stereocenters. The van der Waals surface area contributed by atoms with Crippen LogP contribution in [0.2, 0.25) is 0 Å². The Kier molecular flexibility index (Phi) is 2.89. The Hall–Kier alpha value is -1.66. The van der Waals surface area contributed by atoms with Gasteiger partial charge in [0.25, 0.3) is 0 Å². The summed E-state index contributed by atoms with van der Waals surface area (Å²) < 4.78 is 3.09. The van der Waals surface area contributed by atoms with Crippen molar-refractivity contribution in [2.24, 2.45) is 5.73 Å². The van der Waals surface area contributed by atoms with E-state index in [0.717, 1.165) is 26.1 Å². The van der Waals surface area contributed by atoms with Crippen LogP contribution in [0.25, 0.3) is 5.65 Å². The number of pyridine rings is 1. The van der Waals surface area contributed by atoms with Crippen molar-refractivity contribution in [3.63, 3.8) is 0 Å². The maximum Gasteiger partial charge on any atom is 0.350 e. The predicted octanol–water partition coefficient (Wildman–Crippen LogP) is -0.471. The van der Waals surface area contributed by atoms with Gasteiger partial charge in [-0.3, -0.25) is 9.30 Å². The number of nitrogens with two attached hydrogens (primary N) is 1. The monoisotopic (exact) mass is 247 g/mol. The zero-order valence-corrected chi connectivity index (χ0v) is 10.2. The molecule has 1 aliphatic heterocycles. The number of fused-ring (bicyclic) bond motifs is 1. The lowest BCUT2D eigenvalue weighted by atomic mass is 10.3. The Morgan fingerprint density at radius 3 is 3.00 bits per heavy atom. The molecule has 2 aromatic rings. The van der Waals surface area contributed by atoms with Gasteiger partial charge in [0.2, 0.25) is 0 Å². The van der Waals surface area contributed by atoms with Crippen LogP contribution < -0.4 is 11.4 Å². The maximum atomic E-state index is 12.0. The summed E-state index contributed by atoms with van der Waals surface area (Å²) in [6.07, 6.45) is 2.78. The second kappa shape index (κ2) is 4.55. The molecule has 1 saturated heterocycles. The van der Waals surface area contributed by atoms with Gasteiger partial charge in [-0.15, -0.1) is 5.10 Å². The number of likely N-dealkylation sites (tertiary alicyclic amines) is 1. The van der Waals surface area contributed by atoms with Gasteiger partial charge in [-0.25, -0.2) is 9.48 Å². The van der Waals surface area contributed by atoms with E-state index in [1.807, 2.05) is 18.2 Å². The second-order valence-electron chi connectivity index (χ2n) is 4.78. The second-order valence-corrected chi connectivity index (χ2v) is 4.78. The first-order valence-electron chi connectivity index (χ1n) is 6.26. The molecule has 0 aliphatic carbocycles. The molecule has 1 unspecified atom stereocenters. The summed E-state index contributed by atoms with van der Waals surface area (Å²) in [5, 5.41) is 4.30. The van der Waals surface area contributed by atoms with Crippen LogP contribution in [0.1, 0.15) is 6.42 Å². The molecule has 18 heavy (non-hydrogen) atoms. The van der Waals surface area contributed by atoms with Crippen molar-refractivity contribution in [1.29, 1.82) is 0 Å². The number of aromatic nitrogens is 3. The fourth-order valence-electron chi connectivity index (χ4n) is 2.42. The molecule has 6 nitrogen and oxygen atoms in total. The number of hydrogen-bond acceptors (Lipinski definition) is 4. The van der Waals surface area contributed by atoms with E-state index in [0.29, 0.717) is 12.2 Å². The smallest absolute Gasteiger partial charge is 0.326 e. The number of nitrogens with zero attached hydrogens (tertiary/aromatic N) is 4. The first-order chi connectivity index (χ1) is 8.74. The van der Waals surface area contributed by atoms with Crippen molar-refractivity contribution in [2.75, 3.05) is 19.6 Å². The molecule has 96 valence electrons. The zero-order chi connectivity index (χ0) is 12.5. The first-order valence-corrected chi connectivity index (χ1v) is 6.26. The average molecular weight is 247 g/mol. The van der Waals surface area contributed by atoms with Crippen molar-refractivity contribution in [2.45, 2.75) is 19.0 Å². The van der Waals surface area contributed by atoms with Gasteiger partial charge in [0.05, 0.1) is 6.54 Å². The summed E-state index contributed by atoms with van der Waals surface area (Å²) in [5.41, 5.74) is 6.48. The highest BCUT2D eigenvalue weighted by Crippen LogP contribution is 2.06. The van der Waals surface area contributed by atoms with Crippen LogP contribution in [0.15, 0.2) is 29.2 Å². The molecule has 1 fully saturated rings. The van der Waals surface area contributed by atoms with Crippen LogP contribution in [0.4, 0.5) is 0 Å². The van der Waals surface area contributed by atoms with Gasteiger partial charge >= 0.3 is 5.69 Å². The zero-order valence-electron chi connectivity index (χ0n) is 10.2. The maximum absolute atomic E-state index is 12.0. The molecular weight excluding hydrogens is 230 g/mol. The summed E-state index contributed by atoms with van der Waals surface area (Å²) in [4.78, 5) is 14.3. The molecule has 0 spiro atoms. The van der Waals surface area contributed by atoms with E-state index in [1.54, 1.807) is 10.6 Å².